The molecule has 1 aliphatic rings. The second-order valence-electron chi connectivity index (χ2n) is 7.02. The zero-order valence-electron chi connectivity index (χ0n) is 14.4. The summed E-state index contributed by atoms with van der Waals surface area (Å²) < 4.78 is 0. The van der Waals surface area contributed by atoms with Gasteiger partial charge in [0.15, 0.2) is 0 Å². The molecule has 2 rings (SSSR count). The summed E-state index contributed by atoms with van der Waals surface area (Å²) in [6, 6.07) is 9.63. The molecule has 0 bridgehead atoms. The van der Waals surface area contributed by atoms with Crippen molar-refractivity contribution in [3.05, 3.63) is 35.4 Å². The van der Waals surface area contributed by atoms with E-state index in [9.17, 15) is 0 Å². The van der Waals surface area contributed by atoms with Crippen LogP contribution in [0, 0.1) is 5.92 Å². The Kier molecular flexibility index (Phi) is 5.45. The Balaban J connectivity index is 2.34. The maximum atomic E-state index is 3.63. The first kappa shape index (κ1) is 16.5. The third kappa shape index (κ3) is 3.32. The van der Waals surface area contributed by atoms with E-state index in [1.165, 1.54) is 36.8 Å². The number of nitrogens with zero attached hydrogens (tertiary/aromatic N) is 1. The lowest BCUT2D eigenvalue weighted by Gasteiger charge is -2.50. The van der Waals surface area contributed by atoms with E-state index in [1.54, 1.807) is 0 Å². The van der Waals surface area contributed by atoms with Crippen molar-refractivity contribution in [1.29, 1.82) is 0 Å². The summed E-state index contributed by atoms with van der Waals surface area (Å²) in [4.78, 5) is 2.47. The minimum atomic E-state index is 0.236. The largest absolute Gasteiger partial charge is 0.311 e. The van der Waals surface area contributed by atoms with Gasteiger partial charge in [-0.05, 0) is 57.5 Å². The molecule has 0 amide bonds. The van der Waals surface area contributed by atoms with E-state index in [2.05, 4.69) is 69.5 Å². The molecule has 1 aromatic rings. The van der Waals surface area contributed by atoms with Gasteiger partial charge in [0.1, 0.15) is 0 Å². The molecular formula is C19H32N2. The number of aryl methyl sites for hydroxylation is 1. The van der Waals surface area contributed by atoms with Crippen LogP contribution in [-0.4, -0.2) is 31.6 Å². The van der Waals surface area contributed by atoms with Crippen LogP contribution in [0.2, 0.25) is 0 Å². The fourth-order valence-electron chi connectivity index (χ4n) is 4.18. The first-order valence-electron chi connectivity index (χ1n) is 8.47. The van der Waals surface area contributed by atoms with Gasteiger partial charge in [-0.25, -0.2) is 0 Å². The van der Waals surface area contributed by atoms with Crippen LogP contribution in [0.15, 0.2) is 24.3 Å². The molecule has 1 aromatic carbocycles. The third-order valence-corrected chi connectivity index (χ3v) is 5.45. The van der Waals surface area contributed by atoms with Gasteiger partial charge in [0.25, 0.3) is 0 Å². The van der Waals surface area contributed by atoms with Crippen molar-refractivity contribution in [2.75, 3.05) is 21.1 Å². The Bertz CT molecular complexity index is 437. The Morgan fingerprint density at radius 2 is 1.95 bits per heavy atom. The highest BCUT2D eigenvalue weighted by molar-refractivity contribution is 5.28. The molecule has 2 heteroatoms. The molecule has 3 unspecified atom stereocenters. The van der Waals surface area contributed by atoms with Crippen LogP contribution >= 0.6 is 0 Å². The maximum absolute atomic E-state index is 3.63. The van der Waals surface area contributed by atoms with Crippen LogP contribution in [0.1, 0.15) is 56.7 Å². The highest BCUT2D eigenvalue weighted by atomic mass is 15.2. The van der Waals surface area contributed by atoms with Crippen molar-refractivity contribution >= 4 is 0 Å². The molecule has 0 heterocycles. The van der Waals surface area contributed by atoms with Crippen LogP contribution in [0.5, 0.6) is 0 Å². The van der Waals surface area contributed by atoms with E-state index in [-0.39, 0.29) is 5.54 Å². The van der Waals surface area contributed by atoms with Crippen molar-refractivity contribution in [3.8, 4) is 0 Å². The third-order valence-electron chi connectivity index (χ3n) is 5.45. The highest BCUT2D eigenvalue weighted by Gasteiger charge is 2.43. The van der Waals surface area contributed by atoms with E-state index in [0.29, 0.717) is 6.04 Å². The minimum absolute atomic E-state index is 0.236. The Hall–Kier alpha value is -0.860. The highest BCUT2D eigenvalue weighted by Crippen LogP contribution is 2.43. The molecule has 1 aliphatic carbocycles. The van der Waals surface area contributed by atoms with Gasteiger partial charge in [-0.15, -0.1) is 0 Å². The van der Waals surface area contributed by atoms with E-state index >= 15 is 0 Å². The van der Waals surface area contributed by atoms with Gasteiger partial charge in [-0.2, -0.15) is 0 Å². The van der Waals surface area contributed by atoms with Crippen molar-refractivity contribution in [2.45, 2.75) is 57.5 Å². The monoisotopic (exact) mass is 288 g/mol. The predicted octanol–water partition coefficient (Wildman–Crippen LogP) is 4.02. The van der Waals surface area contributed by atoms with E-state index in [0.717, 1.165) is 12.3 Å². The Labute approximate surface area is 130 Å². The summed E-state index contributed by atoms with van der Waals surface area (Å²) >= 11 is 0. The van der Waals surface area contributed by atoms with Crippen molar-refractivity contribution in [3.63, 3.8) is 0 Å². The van der Waals surface area contributed by atoms with E-state index in [4.69, 9.17) is 0 Å². The Morgan fingerprint density at radius 3 is 2.43 bits per heavy atom. The van der Waals surface area contributed by atoms with Crippen LogP contribution in [0.25, 0.3) is 0 Å². The average Bonchev–Trinajstić information content (AvgIpc) is 2.48. The summed E-state index contributed by atoms with van der Waals surface area (Å²) in [6.45, 7) is 4.62. The predicted molar refractivity (Wildman–Crippen MR) is 91.7 cm³/mol. The van der Waals surface area contributed by atoms with Gasteiger partial charge in [-0.1, -0.05) is 51.0 Å². The van der Waals surface area contributed by atoms with Crippen LogP contribution in [0.3, 0.4) is 0 Å². The fraction of sp³-hybridized carbons (Fsp3) is 0.684. The minimum Gasteiger partial charge on any atom is -0.311 e. The summed E-state index contributed by atoms with van der Waals surface area (Å²) in [6.07, 6.45) is 6.39. The summed E-state index contributed by atoms with van der Waals surface area (Å²) in [5.74, 6) is 0.812. The standard InChI is InChI=1S/C19H32N2/c1-6-16-9-11-17(12-10-16)18(20-3)19(21(4)5)13-7-8-15(2)14-19/h9-12,15,18,20H,6-8,13-14H2,1-5H3. The number of likely N-dealkylation sites (N-methyl/N-ethyl adjacent to an activating group) is 2. The van der Waals surface area contributed by atoms with Gasteiger partial charge in [0, 0.05) is 5.54 Å². The second kappa shape index (κ2) is 6.93. The molecule has 0 aliphatic heterocycles. The molecule has 0 aromatic heterocycles. The van der Waals surface area contributed by atoms with Crippen LogP contribution in [0.4, 0.5) is 0 Å². The number of nitrogens with one attached hydrogen (secondary N) is 1. The molecule has 0 spiro atoms. The van der Waals surface area contributed by atoms with Crippen molar-refractivity contribution in [1.82, 2.24) is 10.2 Å². The molecule has 2 nitrogen and oxygen atoms in total. The topological polar surface area (TPSA) is 15.3 Å². The SMILES string of the molecule is CCc1ccc(C(NC)C2(N(C)C)CCCC(C)C2)cc1. The molecule has 0 saturated heterocycles. The first-order valence-corrected chi connectivity index (χ1v) is 8.47. The molecular weight excluding hydrogens is 256 g/mol. The van der Waals surface area contributed by atoms with Crippen LogP contribution < -0.4 is 5.32 Å². The molecule has 1 saturated carbocycles. The van der Waals surface area contributed by atoms with Crippen LogP contribution in [-0.2, 0) is 6.42 Å². The first-order chi connectivity index (χ1) is 10.0. The number of benzene rings is 1. The van der Waals surface area contributed by atoms with E-state index < -0.39 is 0 Å². The van der Waals surface area contributed by atoms with Crippen molar-refractivity contribution < 1.29 is 0 Å². The average molecular weight is 288 g/mol. The van der Waals surface area contributed by atoms with Gasteiger partial charge < -0.3 is 10.2 Å². The fourth-order valence-corrected chi connectivity index (χ4v) is 4.18. The zero-order valence-corrected chi connectivity index (χ0v) is 14.4. The summed E-state index contributed by atoms with van der Waals surface area (Å²) in [5.41, 5.74) is 3.09. The molecule has 118 valence electrons. The second-order valence-corrected chi connectivity index (χ2v) is 7.02. The van der Waals surface area contributed by atoms with Gasteiger partial charge in [0.05, 0.1) is 6.04 Å². The molecule has 1 fully saturated rings. The molecule has 21 heavy (non-hydrogen) atoms. The van der Waals surface area contributed by atoms with Crippen molar-refractivity contribution in [2.24, 2.45) is 5.92 Å². The van der Waals surface area contributed by atoms with Gasteiger partial charge >= 0.3 is 0 Å². The lowest BCUT2D eigenvalue weighted by molar-refractivity contribution is 0.0393. The lowest BCUT2D eigenvalue weighted by atomic mass is 9.69. The zero-order chi connectivity index (χ0) is 15.5. The van der Waals surface area contributed by atoms with Gasteiger partial charge in [0.2, 0.25) is 0 Å². The smallest absolute Gasteiger partial charge is 0.0504 e. The maximum Gasteiger partial charge on any atom is 0.0504 e. The molecule has 0 radical (unpaired) electrons. The summed E-state index contributed by atoms with van der Waals surface area (Å²) in [5, 5.41) is 3.63. The molecule has 3 atom stereocenters. The van der Waals surface area contributed by atoms with Gasteiger partial charge in [-0.3, -0.25) is 0 Å². The van der Waals surface area contributed by atoms with E-state index in [1.807, 2.05) is 0 Å². The Morgan fingerprint density at radius 1 is 1.29 bits per heavy atom. The quantitative estimate of drug-likeness (QED) is 0.880. The summed E-state index contributed by atoms with van der Waals surface area (Å²) in [7, 11) is 6.62. The number of rotatable bonds is 5. The molecule has 1 N–H and O–H groups in total. The number of hydrogen-bond acceptors (Lipinski definition) is 2. The normalized spacial score (nSPS) is 27.8. The number of hydrogen-bond donors (Lipinski definition) is 1. The lowest BCUT2D eigenvalue weighted by Crippen LogP contribution is -2.55.